The predicted molar refractivity (Wildman–Crippen MR) is 79.0 cm³/mol. The Kier molecular flexibility index (Phi) is 3.98. The number of carbonyl (C=O) groups is 2. The second-order valence-electron chi connectivity index (χ2n) is 8.22. The van der Waals surface area contributed by atoms with Crippen LogP contribution in [0.4, 0.5) is 4.79 Å². The molecule has 1 N–H and O–H groups in total. The third kappa shape index (κ3) is 3.89. The van der Waals surface area contributed by atoms with Crippen LogP contribution in [-0.2, 0) is 9.53 Å². The number of aliphatic carboxylic acids is 1. The number of carbonyl (C=O) groups excluding carboxylic acids is 1. The summed E-state index contributed by atoms with van der Waals surface area (Å²) in [6, 6.07) is 0.00831. The van der Waals surface area contributed by atoms with E-state index in [9.17, 15) is 9.59 Å². The molecule has 1 saturated heterocycles. The number of piperidine rings is 1. The van der Waals surface area contributed by atoms with Crippen molar-refractivity contribution in [2.45, 2.75) is 65.5 Å². The fourth-order valence-corrected chi connectivity index (χ4v) is 3.24. The minimum absolute atomic E-state index is 0.00831. The lowest BCUT2D eigenvalue weighted by Crippen LogP contribution is -2.52. The van der Waals surface area contributed by atoms with E-state index in [1.165, 1.54) is 0 Å². The van der Waals surface area contributed by atoms with Gasteiger partial charge in [0, 0.05) is 12.6 Å². The molecule has 2 aliphatic rings. The van der Waals surface area contributed by atoms with Gasteiger partial charge in [-0.25, -0.2) is 4.79 Å². The maximum Gasteiger partial charge on any atom is 0.410 e. The second-order valence-corrected chi connectivity index (χ2v) is 8.22. The Hall–Kier alpha value is -1.26. The summed E-state index contributed by atoms with van der Waals surface area (Å²) in [6.45, 7) is 10.5. The molecule has 1 saturated carbocycles. The summed E-state index contributed by atoms with van der Waals surface area (Å²) in [6.07, 6.45) is 2.25. The smallest absolute Gasteiger partial charge is 0.410 e. The lowest BCUT2D eigenvalue weighted by molar-refractivity contribution is -0.139. The number of likely N-dealkylation sites (tertiary alicyclic amines) is 1. The maximum absolute atomic E-state index is 12.5. The van der Waals surface area contributed by atoms with Crippen LogP contribution < -0.4 is 0 Å². The molecular formula is C16H27NO4. The average molecular weight is 297 g/mol. The molecule has 1 aliphatic heterocycles. The number of nitrogens with zero attached hydrogens (tertiary/aromatic N) is 1. The standard InChI is InChI=1S/C16H27NO4/c1-15(2,3)21-14(20)17-9-16(4,5)7-6-12(17)10-8-11(10)13(18)19/h10-12H,6-9H2,1-5H3,(H,18,19). The highest BCUT2D eigenvalue weighted by Gasteiger charge is 2.53. The lowest BCUT2D eigenvalue weighted by atomic mass is 9.80. The van der Waals surface area contributed by atoms with E-state index in [-0.39, 0.29) is 29.4 Å². The predicted octanol–water partition coefficient (Wildman–Crippen LogP) is 3.13. The van der Waals surface area contributed by atoms with Crippen molar-refractivity contribution < 1.29 is 19.4 Å². The van der Waals surface area contributed by atoms with Gasteiger partial charge in [-0.05, 0) is 51.4 Å². The molecule has 1 aliphatic carbocycles. The number of amides is 1. The van der Waals surface area contributed by atoms with Gasteiger partial charge in [0.25, 0.3) is 0 Å². The summed E-state index contributed by atoms with van der Waals surface area (Å²) in [5.41, 5.74) is -0.472. The Morgan fingerprint density at radius 2 is 1.90 bits per heavy atom. The first kappa shape index (κ1) is 16.1. The number of hydrogen-bond donors (Lipinski definition) is 1. The number of ether oxygens (including phenoxy) is 1. The van der Waals surface area contributed by atoms with Gasteiger partial charge < -0.3 is 14.7 Å². The van der Waals surface area contributed by atoms with Crippen LogP contribution in [0.25, 0.3) is 0 Å². The van der Waals surface area contributed by atoms with E-state index in [2.05, 4.69) is 13.8 Å². The van der Waals surface area contributed by atoms with Gasteiger partial charge in [0.05, 0.1) is 5.92 Å². The molecule has 5 nitrogen and oxygen atoms in total. The number of rotatable bonds is 2. The first-order chi connectivity index (χ1) is 9.50. The minimum atomic E-state index is -0.742. The highest BCUT2D eigenvalue weighted by Crippen LogP contribution is 2.48. The second kappa shape index (κ2) is 5.18. The van der Waals surface area contributed by atoms with Crippen molar-refractivity contribution in [2.24, 2.45) is 17.3 Å². The molecule has 0 aromatic heterocycles. The van der Waals surface area contributed by atoms with Gasteiger partial charge in [-0.3, -0.25) is 4.79 Å². The van der Waals surface area contributed by atoms with Crippen molar-refractivity contribution >= 4 is 12.1 Å². The molecule has 2 fully saturated rings. The third-order valence-electron chi connectivity index (χ3n) is 4.39. The molecule has 2 rings (SSSR count). The van der Waals surface area contributed by atoms with Gasteiger partial charge in [0.2, 0.25) is 0 Å². The summed E-state index contributed by atoms with van der Waals surface area (Å²) < 4.78 is 5.51. The fraction of sp³-hybridized carbons (Fsp3) is 0.875. The monoisotopic (exact) mass is 297 g/mol. The molecule has 0 spiro atoms. The zero-order chi connectivity index (χ0) is 16.0. The average Bonchev–Trinajstić information content (AvgIpc) is 3.05. The Morgan fingerprint density at radius 1 is 1.29 bits per heavy atom. The van der Waals surface area contributed by atoms with Crippen molar-refractivity contribution in [3.05, 3.63) is 0 Å². The van der Waals surface area contributed by atoms with E-state index in [4.69, 9.17) is 9.84 Å². The Labute approximate surface area is 126 Å². The molecule has 0 aromatic carbocycles. The fourth-order valence-electron chi connectivity index (χ4n) is 3.24. The van der Waals surface area contributed by atoms with Crippen LogP contribution in [0, 0.1) is 17.3 Å². The normalized spacial score (nSPS) is 31.7. The molecular weight excluding hydrogens is 270 g/mol. The third-order valence-corrected chi connectivity index (χ3v) is 4.39. The zero-order valence-electron chi connectivity index (χ0n) is 13.7. The van der Waals surface area contributed by atoms with Crippen LogP contribution in [0.5, 0.6) is 0 Å². The molecule has 0 aromatic rings. The van der Waals surface area contributed by atoms with E-state index in [0.29, 0.717) is 13.0 Å². The summed E-state index contributed by atoms with van der Waals surface area (Å²) >= 11 is 0. The van der Waals surface area contributed by atoms with Gasteiger partial charge in [0.1, 0.15) is 5.60 Å². The van der Waals surface area contributed by atoms with E-state index in [0.717, 1.165) is 12.8 Å². The summed E-state index contributed by atoms with van der Waals surface area (Å²) in [5, 5.41) is 9.13. The first-order valence-corrected chi connectivity index (χ1v) is 7.73. The van der Waals surface area contributed by atoms with Crippen molar-refractivity contribution in [1.29, 1.82) is 0 Å². The van der Waals surface area contributed by atoms with E-state index in [1.807, 2.05) is 20.8 Å². The van der Waals surface area contributed by atoms with Crippen LogP contribution in [-0.4, -0.2) is 40.3 Å². The van der Waals surface area contributed by atoms with E-state index in [1.54, 1.807) is 4.90 Å². The van der Waals surface area contributed by atoms with Gasteiger partial charge in [0.15, 0.2) is 0 Å². The first-order valence-electron chi connectivity index (χ1n) is 7.73. The van der Waals surface area contributed by atoms with E-state index < -0.39 is 11.6 Å². The van der Waals surface area contributed by atoms with Crippen molar-refractivity contribution in [2.75, 3.05) is 6.54 Å². The highest BCUT2D eigenvalue weighted by molar-refractivity contribution is 5.74. The highest BCUT2D eigenvalue weighted by atomic mass is 16.6. The molecule has 0 bridgehead atoms. The van der Waals surface area contributed by atoms with Crippen molar-refractivity contribution in [1.82, 2.24) is 4.90 Å². The maximum atomic E-state index is 12.5. The van der Waals surface area contributed by atoms with Crippen LogP contribution in [0.3, 0.4) is 0 Å². The zero-order valence-corrected chi connectivity index (χ0v) is 13.7. The van der Waals surface area contributed by atoms with Crippen LogP contribution in [0.1, 0.15) is 53.9 Å². The lowest BCUT2D eigenvalue weighted by Gasteiger charge is -2.44. The molecule has 3 unspecified atom stereocenters. The van der Waals surface area contributed by atoms with Crippen molar-refractivity contribution in [3.8, 4) is 0 Å². The molecule has 0 radical (unpaired) electrons. The summed E-state index contributed by atoms with van der Waals surface area (Å²) in [7, 11) is 0. The number of carboxylic acids is 1. The summed E-state index contributed by atoms with van der Waals surface area (Å²) in [5.74, 6) is -0.943. The summed E-state index contributed by atoms with van der Waals surface area (Å²) in [4.78, 5) is 25.4. The Bertz CT molecular complexity index is 438. The molecule has 3 atom stereocenters. The molecule has 1 heterocycles. The Morgan fingerprint density at radius 3 is 2.38 bits per heavy atom. The quantitative estimate of drug-likeness (QED) is 0.850. The van der Waals surface area contributed by atoms with Gasteiger partial charge in [-0.15, -0.1) is 0 Å². The molecule has 1 amide bonds. The topological polar surface area (TPSA) is 66.8 Å². The molecule has 120 valence electrons. The van der Waals surface area contributed by atoms with Crippen LogP contribution in [0.2, 0.25) is 0 Å². The van der Waals surface area contributed by atoms with Gasteiger partial charge in [-0.2, -0.15) is 0 Å². The number of carboxylic acid groups (broad SMARTS) is 1. The molecule has 5 heteroatoms. The molecule has 21 heavy (non-hydrogen) atoms. The largest absolute Gasteiger partial charge is 0.481 e. The SMILES string of the molecule is CC1(C)CCC(C2CC2C(=O)O)N(C(=O)OC(C)(C)C)C1. The minimum Gasteiger partial charge on any atom is -0.481 e. The van der Waals surface area contributed by atoms with E-state index >= 15 is 0 Å². The van der Waals surface area contributed by atoms with Crippen LogP contribution in [0.15, 0.2) is 0 Å². The van der Waals surface area contributed by atoms with Gasteiger partial charge in [-0.1, -0.05) is 13.8 Å². The Balaban J connectivity index is 2.11. The van der Waals surface area contributed by atoms with Gasteiger partial charge >= 0.3 is 12.1 Å². The van der Waals surface area contributed by atoms with Crippen LogP contribution >= 0.6 is 0 Å². The van der Waals surface area contributed by atoms with Crippen molar-refractivity contribution in [3.63, 3.8) is 0 Å². The number of hydrogen-bond acceptors (Lipinski definition) is 3.